The first-order valence-electron chi connectivity index (χ1n) is 5.97. The minimum atomic E-state index is 0.212. The Labute approximate surface area is 101 Å². The molecule has 0 fully saturated rings. The van der Waals surface area contributed by atoms with E-state index in [9.17, 15) is 0 Å². The summed E-state index contributed by atoms with van der Waals surface area (Å²) in [4.78, 5) is 7.41. The predicted molar refractivity (Wildman–Crippen MR) is 68.6 cm³/mol. The Morgan fingerprint density at radius 2 is 2.29 bits per heavy atom. The van der Waals surface area contributed by atoms with Crippen molar-refractivity contribution in [1.82, 2.24) is 15.3 Å². The fourth-order valence-corrected chi connectivity index (χ4v) is 1.79. The number of hydrogen-bond donors (Lipinski definition) is 3. The van der Waals surface area contributed by atoms with Gasteiger partial charge >= 0.3 is 0 Å². The zero-order valence-corrected chi connectivity index (χ0v) is 10.3. The molecule has 17 heavy (non-hydrogen) atoms. The Morgan fingerprint density at radius 1 is 1.47 bits per heavy atom. The number of pyridine rings is 1. The monoisotopic (exact) mass is 233 g/mol. The highest BCUT2D eigenvalue weighted by Crippen LogP contribution is 2.15. The Hall–Kier alpha value is -1.39. The van der Waals surface area contributed by atoms with Crippen molar-refractivity contribution in [2.45, 2.75) is 26.4 Å². The molecule has 2 atom stereocenters. The molecule has 2 aromatic heterocycles. The van der Waals surface area contributed by atoms with E-state index in [-0.39, 0.29) is 12.5 Å². The van der Waals surface area contributed by atoms with E-state index < -0.39 is 0 Å². The highest BCUT2D eigenvalue weighted by molar-refractivity contribution is 5.79. The minimum Gasteiger partial charge on any atom is -0.396 e. The first kappa shape index (κ1) is 12.1. The van der Waals surface area contributed by atoms with Crippen LogP contribution in [0.5, 0.6) is 0 Å². The van der Waals surface area contributed by atoms with E-state index in [1.807, 2.05) is 19.2 Å². The second kappa shape index (κ2) is 5.29. The van der Waals surface area contributed by atoms with Crippen molar-refractivity contribution in [3.05, 3.63) is 30.1 Å². The van der Waals surface area contributed by atoms with E-state index in [4.69, 9.17) is 5.11 Å². The number of nitrogens with zero attached hydrogens (tertiary/aromatic N) is 1. The maximum Gasteiger partial charge on any atom is 0.137 e. The van der Waals surface area contributed by atoms with Crippen LogP contribution in [0.3, 0.4) is 0 Å². The summed E-state index contributed by atoms with van der Waals surface area (Å²) in [5, 5.41) is 13.7. The van der Waals surface area contributed by atoms with Crippen LogP contribution in [0, 0.1) is 5.92 Å². The highest BCUT2D eigenvalue weighted by atomic mass is 16.3. The number of aliphatic hydroxyl groups excluding tert-OH is 1. The second-order valence-corrected chi connectivity index (χ2v) is 4.54. The Kier molecular flexibility index (Phi) is 3.76. The summed E-state index contributed by atoms with van der Waals surface area (Å²) in [6.45, 7) is 5.13. The molecule has 0 spiro atoms. The molecule has 3 N–H and O–H groups in total. The molecule has 0 bridgehead atoms. The summed E-state index contributed by atoms with van der Waals surface area (Å²) in [5.74, 6) is 0.262. The van der Waals surface area contributed by atoms with Gasteiger partial charge in [-0.05, 0) is 30.5 Å². The molecule has 2 rings (SSSR count). The number of aliphatic hydroxyl groups is 1. The quantitative estimate of drug-likeness (QED) is 0.736. The van der Waals surface area contributed by atoms with Gasteiger partial charge in [-0.15, -0.1) is 0 Å². The number of nitrogens with one attached hydrogen (secondary N) is 2. The lowest BCUT2D eigenvalue weighted by atomic mass is 10.0. The number of aromatic amines is 1. The Balaban J connectivity index is 2.04. The lowest BCUT2D eigenvalue weighted by Crippen LogP contribution is -2.33. The number of hydrogen-bond acceptors (Lipinski definition) is 3. The van der Waals surface area contributed by atoms with Gasteiger partial charge in [0.2, 0.25) is 0 Å². The molecule has 2 unspecified atom stereocenters. The van der Waals surface area contributed by atoms with Crippen molar-refractivity contribution >= 4 is 11.0 Å². The molecule has 92 valence electrons. The van der Waals surface area contributed by atoms with Gasteiger partial charge in [0.1, 0.15) is 5.65 Å². The number of H-pyrrole nitrogens is 1. The third-order valence-corrected chi connectivity index (χ3v) is 3.29. The van der Waals surface area contributed by atoms with Gasteiger partial charge in [0, 0.05) is 37.0 Å². The fraction of sp³-hybridized carbons (Fsp3) is 0.462. The van der Waals surface area contributed by atoms with Crippen LogP contribution in [0.1, 0.15) is 19.4 Å². The van der Waals surface area contributed by atoms with Gasteiger partial charge in [-0.25, -0.2) is 4.98 Å². The molecule has 2 heterocycles. The van der Waals surface area contributed by atoms with Crippen LogP contribution in [0.4, 0.5) is 0 Å². The lowest BCUT2D eigenvalue weighted by molar-refractivity contribution is 0.207. The van der Waals surface area contributed by atoms with Crippen LogP contribution < -0.4 is 5.32 Å². The maximum atomic E-state index is 9.08. The summed E-state index contributed by atoms with van der Waals surface area (Å²) in [7, 11) is 0. The van der Waals surface area contributed by atoms with Crippen molar-refractivity contribution in [3.63, 3.8) is 0 Å². The normalized spacial score (nSPS) is 15.0. The average Bonchev–Trinajstić information content (AvgIpc) is 2.78. The summed E-state index contributed by atoms with van der Waals surface area (Å²) >= 11 is 0. The molecule has 4 heteroatoms. The predicted octanol–water partition coefficient (Wildman–Crippen LogP) is 1.67. The van der Waals surface area contributed by atoms with Crippen LogP contribution in [-0.2, 0) is 6.54 Å². The zero-order chi connectivity index (χ0) is 12.3. The van der Waals surface area contributed by atoms with Gasteiger partial charge in [0.25, 0.3) is 0 Å². The number of rotatable bonds is 5. The first-order valence-corrected chi connectivity index (χ1v) is 5.97. The number of fused-ring (bicyclic) bond motifs is 1. The first-order chi connectivity index (χ1) is 8.22. The average molecular weight is 233 g/mol. The Morgan fingerprint density at radius 3 is 3.06 bits per heavy atom. The largest absolute Gasteiger partial charge is 0.396 e. The molecule has 0 saturated heterocycles. The van der Waals surface area contributed by atoms with Crippen molar-refractivity contribution in [2.75, 3.05) is 6.61 Å². The van der Waals surface area contributed by atoms with E-state index in [1.165, 1.54) is 5.56 Å². The van der Waals surface area contributed by atoms with E-state index >= 15 is 0 Å². The summed E-state index contributed by atoms with van der Waals surface area (Å²) in [6, 6.07) is 4.30. The van der Waals surface area contributed by atoms with E-state index in [0.29, 0.717) is 6.04 Å². The van der Waals surface area contributed by atoms with Crippen molar-refractivity contribution in [3.8, 4) is 0 Å². The summed E-state index contributed by atoms with van der Waals surface area (Å²) in [5.41, 5.74) is 2.14. The van der Waals surface area contributed by atoms with Crippen molar-refractivity contribution in [2.24, 2.45) is 5.92 Å². The smallest absolute Gasteiger partial charge is 0.137 e. The van der Waals surface area contributed by atoms with Gasteiger partial charge in [-0.2, -0.15) is 0 Å². The standard InChI is InChI=1S/C13H19N3O/c1-9(8-17)10(2)15-6-11-7-16-13-12(11)4-3-5-14-13/h3-5,7,9-10,15,17H,6,8H2,1-2H3,(H,14,16). The highest BCUT2D eigenvalue weighted by Gasteiger charge is 2.11. The van der Waals surface area contributed by atoms with Crippen LogP contribution in [-0.4, -0.2) is 27.7 Å². The Bertz CT molecular complexity index is 480. The van der Waals surface area contributed by atoms with E-state index in [1.54, 1.807) is 6.20 Å². The SMILES string of the molecule is CC(CO)C(C)NCc1c[nH]c2ncccc12. The molecule has 0 aliphatic rings. The topological polar surface area (TPSA) is 60.9 Å². The van der Waals surface area contributed by atoms with Crippen LogP contribution >= 0.6 is 0 Å². The number of aromatic nitrogens is 2. The van der Waals surface area contributed by atoms with E-state index in [0.717, 1.165) is 17.6 Å². The van der Waals surface area contributed by atoms with Gasteiger partial charge in [0.05, 0.1) is 0 Å². The van der Waals surface area contributed by atoms with Crippen LogP contribution in [0.25, 0.3) is 11.0 Å². The lowest BCUT2D eigenvalue weighted by Gasteiger charge is -2.18. The molecular weight excluding hydrogens is 214 g/mol. The van der Waals surface area contributed by atoms with Gasteiger partial charge < -0.3 is 15.4 Å². The molecule has 2 aromatic rings. The van der Waals surface area contributed by atoms with Crippen molar-refractivity contribution in [1.29, 1.82) is 0 Å². The van der Waals surface area contributed by atoms with Gasteiger partial charge in [-0.3, -0.25) is 0 Å². The molecule has 0 amide bonds. The van der Waals surface area contributed by atoms with Gasteiger partial charge in [-0.1, -0.05) is 6.92 Å². The van der Waals surface area contributed by atoms with Crippen molar-refractivity contribution < 1.29 is 5.11 Å². The molecule has 0 aliphatic carbocycles. The molecule has 0 radical (unpaired) electrons. The van der Waals surface area contributed by atoms with Crippen LogP contribution in [0.15, 0.2) is 24.5 Å². The molecule has 0 aliphatic heterocycles. The molecule has 4 nitrogen and oxygen atoms in total. The van der Waals surface area contributed by atoms with Gasteiger partial charge in [0.15, 0.2) is 0 Å². The fourth-order valence-electron chi connectivity index (χ4n) is 1.79. The molecule has 0 aromatic carbocycles. The summed E-state index contributed by atoms with van der Waals surface area (Å²) in [6.07, 6.45) is 3.77. The minimum absolute atomic E-state index is 0.212. The van der Waals surface area contributed by atoms with Crippen LogP contribution in [0.2, 0.25) is 0 Å². The maximum absolute atomic E-state index is 9.08. The second-order valence-electron chi connectivity index (χ2n) is 4.54. The zero-order valence-electron chi connectivity index (χ0n) is 10.3. The third kappa shape index (κ3) is 2.65. The molecular formula is C13H19N3O. The molecule has 0 saturated carbocycles. The summed E-state index contributed by atoms with van der Waals surface area (Å²) < 4.78 is 0. The third-order valence-electron chi connectivity index (χ3n) is 3.29. The van der Waals surface area contributed by atoms with E-state index in [2.05, 4.69) is 28.3 Å².